The van der Waals surface area contributed by atoms with Gasteiger partial charge in [-0.1, -0.05) is 24.3 Å². The van der Waals surface area contributed by atoms with Crippen LogP contribution < -0.4 is 11.5 Å². The number of nitrogens with two attached hydrogens (primary N) is 2. The molecule has 0 atom stereocenters. The molecule has 0 unspecified atom stereocenters. The van der Waals surface area contributed by atoms with Gasteiger partial charge in [-0.15, -0.1) is 0 Å². The van der Waals surface area contributed by atoms with Crippen molar-refractivity contribution in [1.29, 1.82) is 0 Å². The molecule has 0 aliphatic carbocycles. The Morgan fingerprint density at radius 1 is 1.11 bits per heavy atom. The second-order valence-electron chi connectivity index (χ2n) is 4.35. The maximum Gasteiger partial charge on any atom is 0.150 e. The van der Waals surface area contributed by atoms with Crippen molar-refractivity contribution in [3.8, 4) is 11.1 Å². The first-order valence-electron chi connectivity index (χ1n) is 6.00. The highest BCUT2D eigenvalue weighted by atomic mass is 16.2. The number of hydrogen-bond acceptors (Lipinski definition) is 4. The van der Waals surface area contributed by atoms with Crippen LogP contribution in [0.4, 0.5) is 11.4 Å². The fourth-order valence-electron chi connectivity index (χ4n) is 2.11. The summed E-state index contributed by atoms with van der Waals surface area (Å²) in [4.78, 5) is 10.7. The van der Waals surface area contributed by atoms with Crippen LogP contribution in [0.2, 0.25) is 0 Å². The van der Waals surface area contributed by atoms with Gasteiger partial charge in [-0.25, -0.2) is 0 Å². The molecule has 0 fully saturated rings. The summed E-state index contributed by atoms with van der Waals surface area (Å²) in [7, 11) is 0. The number of aliphatic hydroxyl groups is 1. The summed E-state index contributed by atoms with van der Waals surface area (Å²) in [5.74, 6) is 0. The lowest BCUT2D eigenvalue weighted by Gasteiger charge is -2.13. The van der Waals surface area contributed by atoms with Crippen molar-refractivity contribution in [2.45, 2.75) is 6.42 Å². The first kappa shape index (κ1) is 13.1. The second-order valence-corrected chi connectivity index (χ2v) is 4.35. The number of hydrogen-bond donors (Lipinski definition) is 3. The average Bonchev–Trinajstić information content (AvgIpc) is 2.42. The molecule has 2 aromatic carbocycles. The molecule has 2 aromatic rings. The Bertz CT molecular complexity index is 592. The van der Waals surface area contributed by atoms with Crippen LogP contribution in [0.15, 0.2) is 36.4 Å². The third kappa shape index (κ3) is 2.74. The van der Waals surface area contributed by atoms with Gasteiger partial charge in [0.05, 0.1) is 0 Å². The van der Waals surface area contributed by atoms with Gasteiger partial charge in [0.25, 0.3) is 0 Å². The van der Waals surface area contributed by atoms with Crippen LogP contribution in [0.1, 0.15) is 15.9 Å². The highest BCUT2D eigenvalue weighted by molar-refractivity contribution is 5.80. The van der Waals surface area contributed by atoms with Gasteiger partial charge in [-0.3, -0.25) is 4.79 Å². The number of rotatable bonds is 4. The van der Waals surface area contributed by atoms with E-state index >= 15 is 0 Å². The summed E-state index contributed by atoms with van der Waals surface area (Å²) in [5, 5.41) is 9.13. The zero-order valence-electron chi connectivity index (χ0n) is 10.5. The molecule has 0 amide bonds. The van der Waals surface area contributed by atoms with Gasteiger partial charge in [0.1, 0.15) is 6.29 Å². The third-order valence-corrected chi connectivity index (χ3v) is 3.03. The second kappa shape index (κ2) is 5.54. The van der Waals surface area contributed by atoms with Gasteiger partial charge < -0.3 is 16.6 Å². The molecule has 0 aliphatic heterocycles. The van der Waals surface area contributed by atoms with E-state index in [-0.39, 0.29) is 6.61 Å². The number of carbonyl (C=O) groups is 1. The van der Waals surface area contributed by atoms with Crippen molar-refractivity contribution < 1.29 is 9.90 Å². The van der Waals surface area contributed by atoms with Crippen molar-refractivity contribution in [1.82, 2.24) is 0 Å². The molecule has 0 heterocycles. The minimum atomic E-state index is 0.0214. The first-order chi connectivity index (χ1) is 9.15. The van der Waals surface area contributed by atoms with Crippen LogP contribution in [-0.4, -0.2) is 18.0 Å². The zero-order valence-corrected chi connectivity index (χ0v) is 10.5. The Kier molecular flexibility index (Phi) is 3.82. The molecule has 0 aromatic heterocycles. The number of aldehydes is 1. The summed E-state index contributed by atoms with van der Waals surface area (Å²) in [6, 6.07) is 10.7. The maximum absolute atomic E-state index is 10.7. The fourth-order valence-corrected chi connectivity index (χ4v) is 2.11. The normalized spacial score (nSPS) is 10.4. The summed E-state index contributed by atoms with van der Waals surface area (Å²) in [5.41, 5.74) is 16.2. The molecule has 0 spiro atoms. The molecule has 19 heavy (non-hydrogen) atoms. The summed E-state index contributed by atoms with van der Waals surface area (Å²) < 4.78 is 0. The molecule has 98 valence electrons. The minimum Gasteiger partial charge on any atom is -0.399 e. The number of nitrogen functional groups attached to an aromatic ring is 2. The molecule has 2 rings (SSSR count). The van der Waals surface area contributed by atoms with Crippen LogP contribution >= 0.6 is 0 Å². The van der Waals surface area contributed by atoms with E-state index in [0.717, 1.165) is 23.0 Å². The molecule has 0 bridgehead atoms. The van der Waals surface area contributed by atoms with Gasteiger partial charge in [0.15, 0.2) is 0 Å². The lowest BCUT2D eigenvalue weighted by molar-refractivity contribution is 0.112. The molecule has 0 saturated heterocycles. The molecular formula is C15H16N2O2. The van der Waals surface area contributed by atoms with Gasteiger partial charge in [-0.05, 0) is 35.2 Å². The van der Waals surface area contributed by atoms with Gasteiger partial charge >= 0.3 is 0 Å². The smallest absolute Gasteiger partial charge is 0.150 e. The third-order valence-electron chi connectivity index (χ3n) is 3.03. The fraction of sp³-hybridized carbons (Fsp3) is 0.133. The van der Waals surface area contributed by atoms with Crippen LogP contribution in [0, 0.1) is 0 Å². The van der Waals surface area contributed by atoms with Crippen LogP contribution in [-0.2, 0) is 6.42 Å². The first-order valence-corrected chi connectivity index (χ1v) is 6.00. The van der Waals surface area contributed by atoms with Gasteiger partial charge in [0.2, 0.25) is 0 Å². The number of aliphatic hydroxyl groups excluding tert-OH is 1. The number of carbonyl (C=O) groups excluding carboxylic acids is 1. The van der Waals surface area contributed by atoms with E-state index < -0.39 is 0 Å². The van der Waals surface area contributed by atoms with Crippen molar-refractivity contribution in [2.24, 2.45) is 0 Å². The Hall–Kier alpha value is -2.33. The molecule has 0 aliphatic rings. The van der Waals surface area contributed by atoms with E-state index in [1.54, 1.807) is 18.2 Å². The molecule has 0 saturated carbocycles. The molecule has 4 heteroatoms. The van der Waals surface area contributed by atoms with E-state index in [9.17, 15) is 4.79 Å². The lowest BCUT2D eigenvalue weighted by atomic mass is 9.95. The molecule has 0 radical (unpaired) electrons. The molecular weight excluding hydrogens is 240 g/mol. The van der Waals surface area contributed by atoms with E-state index in [2.05, 4.69) is 0 Å². The van der Waals surface area contributed by atoms with Crippen molar-refractivity contribution in [2.75, 3.05) is 18.1 Å². The Morgan fingerprint density at radius 2 is 1.79 bits per heavy atom. The predicted octanol–water partition coefficient (Wildman–Crippen LogP) is 1.87. The summed E-state index contributed by atoms with van der Waals surface area (Å²) in [6.45, 7) is 0.0214. The zero-order chi connectivity index (χ0) is 13.8. The molecule has 4 nitrogen and oxygen atoms in total. The standard InChI is InChI=1S/C15H16N2O2/c16-12-7-14(13(5-6-18)15(17)8-12)11-3-1-10(9-19)2-4-11/h1-4,7-9,18H,5-6,16-17H2. The minimum absolute atomic E-state index is 0.0214. The van der Waals surface area contributed by atoms with Crippen molar-refractivity contribution >= 4 is 17.7 Å². The quantitative estimate of drug-likeness (QED) is 0.575. The Balaban J connectivity index is 2.55. The SMILES string of the molecule is Nc1cc(N)c(CCO)c(-c2ccc(C=O)cc2)c1. The van der Waals surface area contributed by atoms with E-state index in [4.69, 9.17) is 16.6 Å². The maximum atomic E-state index is 10.7. The Morgan fingerprint density at radius 3 is 2.37 bits per heavy atom. The van der Waals surface area contributed by atoms with E-state index in [0.29, 0.717) is 23.4 Å². The van der Waals surface area contributed by atoms with Gasteiger partial charge in [0, 0.05) is 23.5 Å². The summed E-state index contributed by atoms with van der Waals surface area (Å²) in [6.07, 6.45) is 1.27. The number of benzene rings is 2. The van der Waals surface area contributed by atoms with Crippen LogP contribution in [0.3, 0.4) is 0 Å². The lowest BCUT2D eigenvalue weighted by Crippen LogP contribution is -2.02. The number of anilines is 2. The highest BCUT2D eigenvalue weighted by Gasteiger charge is 2.10. The monoisotopic (exact) mass is 256 g/mol. The predicted molar refractivity (Wildman–Crippen MR) is 76.9 cm³/mol. The van der Waals surface area contributed by atoms with E-state index in [1.807, 2.05) is 18.2 Å². The summed E-state index contributed by atoms with van der Waals surface area (Å²) >= 11 is 0. The molecule has 5 N–H and O–H groups in total. The highest BCUT2D eigenvalue weighted by Crippen LogP contribution is 2.31. The van der Waals surface area contributed by atoms with Crippen molar-refractivity contribution in [3.05, 3.63) is 47.5 Å². The average molecular weight is 256 g/mol. The van der Waals surface area contributed by atoms with Crippen LogP contribution in [0.5, 0.6) is 0 Å². The van der Waals surface area contributed by atoms with Gasteiger partial charge in [-0.2, -0.15) is 0 Å². The largest absolute Gasteiger partial charge is 0.399 e. The van der Waals surface area contributed by atoms with E-state index in [1.165, 1.54) is 0 Å². The topological polar surface area (TPSA) is 89.3 Å². The van der Waals surface area contributed by atoms with Crippen molar-refractivity contribution in [3.63, 3.8) is 0 Å². The Labute approximate surface area is 111 Å². The van der Waals surface area contributed by atoms with Crippen LogP contribution in [0.25, 0.3) is 11.1 Å².